The fourth-order valence-corrected chi connectivity index (χ4v) is 4.31. The molecule has 1 saturated heterocycles. The molecule has 1 N–H and O–H groups in total. The van der Waals surface area contributed by atoms with Crippen molar-refractivity contribution in [3.8, 4) is 0 Å². The molecule has 0 spiro atoms. The zero-order valence-electron chi connectivity index (χ0n) is 14.1. The fraction of sp³-hybridized carbons (Fsp3) is 0.471. The Morgan fingerprint density at radius 2 is 1.84 bits per heavy atom. The summed E-state index contributed by atoms with van der Waals surface area (Å²) in [5.74, 6) is -0.152. The zero-order chi connectivity index (χ0) is 17.9. The van der Waals surface area contributed by atoms with Crippen LogP contribution in [0.15, 0.2) is 41.2 Å². The minimum absolute atomic E-state index is 0.0802. The van der Waals surface area contributed by atoms with Crippen LogP contribution in [-0.2, 0) is 24.3 Å². The molecule has 0 aliphatic carbocycles. The van der Waals surface area contributed by atoms with Crippen LogP contribution in [0.1, 0.15) is 18.4 Å². The van der Waals surface area contributed by atoms with Crippen LogP contribution in [-0.4, -0.2) is 51.0 Å². The minimum atomic E-state index is -3.49. The number of carbonyl (C=O) groups is 1. The van der Waals surface area contributed by atoms with Gasteiger partial charge in [0.25, 0.3) is 5.91 Å². The summed E-state index contributed by atoms with van der Waals surface area (Å²) >= 11 is 0. The number of hydrogen-bond acceptors (Lipinski definition) is 5. The summed E-state index contributed by atoms with van der Waals surface area (Å²) in [5, 5.41) is 2.87. The van der Waals surface area contributed by atoms with Crippen molar-refractivity contribution in [2.45, 2.75) is 30.7 Å². The quantitative estimate of drug-likeness (QED) is 0.864. The van der Waals surface area contributed by atoms with E-state index in [2.05, 4.69) is 5.32 Å². The summed E-state index contributed by atoms with van der Waals surface area (Å²) in [6.45, 7) is 3.45. The van der Waals surface area contributed by atoms with E-state index in [1.165, 1.54) is 10.6 Å². The van der Waals surface area contributed by atoms with Gasteiger partial charge in [-0.25, -0.2) is 8.42 Å². The van der Waals surface area contributed by atoms with Crippen LogP contribution in [0.4, 0.5) is 0 Å². The van der Waals surface area contributed by atoms with Gasteiger partial charge in [0.05, 0.1) is 4.90 Å². The number of carbonyl (C=O) groups excluding carboxylic acids is 1. The number of sulfonamides is 1. The van der Waals surface area contributed by atoms with Gasteiger partial charge in [-0.2, -0.15) is 4.31 Å². The molecule has 2 heterocycles. The Bertz CT molecular complexity index is 750. The third kappa shape index (κ3) is 4.13. The molecule has 1 aromatic carbocycles. The van der Waals surface area contributed by atoms with Crippen molar-refractivity contribution in [1.82, 2.24) is 9.62 Å². The average molecular weight is 366 g/mol. The topological polar surface area (TPSA) is 84.9 Å². The first-order valence-corrected chi connectivity index (χ1v) is 9.73. The van der Waals surface area contributed by atoms with E-state index in [4.69, 9.17) is 9.47 Å². The third-order valence-electron chi connectivity index (χ3n) is 4.32. The predicted molar refractivity (Wildman–Crippen MR) is 91.1 cm³/mol. The molecule has 7 nitrogen and oxygen atoms in total. The fourth-order valence-electron chi connectivity index (χ4n) is 2.84. The monoisotopic (exact) mass is 366 g/mol. The van der Waals surface area contributed by atoms with Crippen LogP contribution >= 0.6 is 0 Å². The van der Waals surface area contributed by atoms with Crippen molar-refractivity contribution in [1.29, 1.82) is 0 Å². The first-order chi connectivity index (χ1) is 12.0. The maximum absolute atomic E-state index is 12.7. The van der Waals surface area contributed by atoms with Crippen LogP contribution in [0.5, 0.6) is 0 Å². The maximum atomic E-state index is 12.7. The lowest BCUT2D eigenvalue weighted by atomic mass is 10.1. The van der Waals surface area contributed by atoms with E-state index in [1.807, 2.05) is 6.92 Å². The van der Waals surface area contributed by atoms with Crippen molar-refractivity contribution in [2.75, 3.05) is 26.3 Å². The van der Waals surface area contributed by atoms with Gasteiger partial charge < -0.3 is 14.8 Å². The van der Waals surface area contributed by atoms with E-state index in [0.29, 0.717) is 44.0 Å². The standard InChI is InChI=1S/C17H22N2O5S/c1-13-2-4-15(5-3-13)25(21,22)19-8-6-14(7-9-19)18-17(20)16-12-23-10-11-24-16/h2-5,12,14H,6-11H2,1H3,(H,18,20). The predicted octanol–water partition coefficient (Wildman–Crippen LogP) is 1.15. The summed E-state index contributed by atoms with van der Waals surface area (Å²) in [5.41, 5.74) is 1.02. The highest BCUT2D eigenvalue weighted by molar-refractivity contribution is 7.89. The second-order valence-corrected chi connectivity index (χ2v) is 8.10. The molecule has 2 aliphatic heterocycles. The van der Waals surface area contributed by atoms with Crippen LogP contribution in [0, 0.1) is 6.92 Å². The summed E-state index contributed by atoms with van der Waals surface area (Å²) in [7, 11) is -3.49. The molecule has 3 rings (SSSR count). The minimum Gasteiger partial charge on any atom is -0.494 e. The molecule has 0 radical (unpaired) electrons. The SMILES string of the molecule is Cc1ccc(S(=O)(=O)N2CCC(NC(=O)C3=COCCO3)CC2)cc1. The molecule has 0 atom stereocenters. The van der Waals surface area contributed by atoms with Crippen molar-refractivity contribution in [3.05, 3.63) is 41.9 Å². The normalized spacial score (nSPS) is 19.5. The Balaban J connectivity index is 1.57. The molecular weight excluding hydrogens is 344 g/mol. The number of nitrogens with zero attached hydrogens (tertiary/aromatic N) is 1. The van der Waals surface area contributed by atoms with Crippen LogP contribution in [0.3, 0.4) is 0 Å². The zero-order valence-corrected chi connectivity index (χ0v) is 14.9. The number of nitrogens with one attached hydrogen (secondary N) is 1. The van der Waals surface area contributed by atoms with Gasteiger partial charge in [0, 0.05) is 19.1 Å². The molecule has 0 saturated carbocycles. The lowest BCUT2D eigenvalue weighted by Crippen LogP contribution is -2.47. The molecule has 1 aromatic rings. The first-order valence-electron chi connectivity index (χ1n) is 8.29. The van der Waals surface area contributed by atoms with Gasteiger partial charge in [-0.05, 0) is 31.9 Å². The van der Waals surface area contributed by atoms with E-state index >= 15 is 0 Å². The Hall–Kier alpha value is -2.06. The smallest absolute Gasteiger partial charge is 0.289 e. The first kappa shape index (κ1) is 17.8. The molecule has 136 valence electrons. The van der Waals surface area contributed by atoms with Crippen molar-refractivity contribution < 1.29 is 22.7 Å². The highest BCUT2D eigenvalue weighted by atomic mass is 32.2. The van der Waals surface area contributed by atoms with Gasteiger partial charge >= 0.3 is 0 Å². The number of benzene rings is 1. The number of piperidine rings is 1. The van der Waals surface area contributed by atoms with Gasteiger partial charge in [-0.15, -0.1) is 0 Å². The van der Waals surface area contributed by atoms with Gasteiger partial charge in [0.2, 0.25) is 15.8 Å². The van der Waals surface area contributed by atoms with Crippen molar-refractivity contribution >= 4 is 15.9 Å². The van der Waals surface area contributed by atoms with E-state index in [-0.39, 0.29) is 17.7 Å². The third-order valence-corrected chi connectivity index (χ3v) is 6.23. The summed E-state index contributed by atoms with van der Waals surface area (Å²) in [6.07, 6.45) is 2.44. The Kier molecular flexibility index (Phi) is 5.29. The highest BCUT2D eigenvalue weighted by Gasteiger charge is 2.30. The van der Waals surface area contributed by atoms with Gasteiger partial charge in [-0.3, -0.25) is 4.79 Å². The van der Waals surface area contributed by atoms with Crippen LogP contribution in [0.2, 0.25) is 0 Å². The average Bonchev–Trinajstić information content (AvgIpc) is 2.63. The molecule has 0 aromatic heterocycles. The number of aryl methyl sites for hydroxylation is 1. The Morgan fingerprint density at radius 3 is 2.44 bits per heavy atom. The molecule has 0 unspecified atom stereocenters. The van der Waals surface area contributed by atoms with Gasteiger partial charge in [-0.1, -0.05) is 17.7 Å². The largest absolute Gasteiger partial charge is 0.494 e. The molecule has 0 bridgehead atoms. The van der Waals surface area contributed by atoms with Gasteiger partial charge in [0.15, 0.2) is 0 Å². The number of ether oxygens (including phenoxy) is 2. The van der Waals surface area contributed by atoms with E-state index in [1.54, 1.807) is 24.3 Å². The van der Waals surface area contributed by atoms with Crippen LogP contribution in [0.25, 0.3) is 0 Å². The summed E-state index contributed by atoms with van der Waals surface area (Å²) in [4.78, 5) is 12.4. The van der Waals surface area contributed by atoms with E-state index < -0.39 is 10.0 Å². The number of hydrogen-bond donors (Lipinski definition) is 1. The molecule has 25 heavy (non-hydrogen) atoms. The Labute approximate surface area is 147 Å². The lowest BCUT2D eigenvalue weighted by Gasteiger charge is -2.31. The van der Waals surface area contributed by atoms with Crippen LogP contribution < -0.4 is 5.32 Å². The van der Waals surface area contributed by atoms with Crippen molar-refractivity contribution in [2.24, 2.45) is 0 Å². The second-order valence-electron chi connectivity index (χ2n) is 6.17. The molecule has 1 amide bonds. The summed E-state index contributed by atoms with van der Waals surface area (Å²) in [6, 6.07) is 6.76. The Morgan fingerprint density at radius 1 is 1.16 bits per heavy atom. The number of amides is 1. The van der Waals surface area contributed by atoms with Crippen molar-refractivity contribution in [3.63, 3.8) is 0 Å². The van der Waals surface area contributed by atoms with Gasteiger partial charge in [0.1, 0.15) is 19.5 Å². The van der Waals surface area contributed by atoms with E-state index in [9.17, 15) is 13.2 Å². The lowest BCUT2D eigenvalue weighted by molar-refractivity contribution is -0.123. The molecule has 2 aliphatic rings. The molecular formula is C17H22N2O5S. The molecule has 1 fully saturated rings. The van der Waals surface area contributed by atoms with E-state index in [0.717, 1.165) is 5.56 Å². The second kappa shape index (κ2) is 7.45. The maximum Gasteiger partial charge on any atom is 0.289 e. The number of rotatable bonds is 4. The molecule has 8 heteroatoms. The highest BCUT2D eigenvalue weighted by Crippen LogP contribution is 2.21. The summed E-state index contributed by atoms with van der Waals surface area (Å²) < 4.78 is 37.1.